The van der Waals surface area contributed by atoms with Gasteiger partial charge in [0.05, 0.1) is 29.9 Å². The van der Waals surface area contributed by atoms with E-state index in [1.54, 1.807) is 0 Å². The zero-order valence-electron chi connectivity index (χ0n) is 9.41. The van der Waals surface area contributed by atoms with Gasteiger partial charge in [-0.2, -0.15) is 0 Å². The van der Waals surface area contributed by atoms with Crippen LogP contribution in [-0.2, 0) is 19.3 Å². The van der Waals surface area contributed by atoms with Gasteiger partial charge < -0.3 is 4.57 Å². The summed E-state index contributed by atoms with van der Waals surface area (Å²) in [5.41, 5.74) is -0.762. The summed E-state index contributed by atoms with van der Waals surface area (Å²) in [6.07, 6.45) is 1.23. The molecule has 80 valence electrons. The summed E-state index contributed by atoms with van der Waals surface area (Å²) in [6.45, 7) is 0. The van der Waals surface area contributed by atoms with Gasteiger partial charge in [-0.3, -0.25) is 13.9 Å². The van der Waals surface area contributed by atoms with Crippen molar-refractivity contribution in [1.82, 2.24) is 18.7 Å². The second kappa shape index (κ2) is 3.42. The minimum Gasteiger partial charge on any atom is -0.345 e. The monoisotopic (exact) mass is 224 g/mol. The molecule has 0 atom stereocenters. The third kappa shape index (κ3) is 1.57. The second-order valence-electron chi connectivity index (χ2n) is 3.88. The fraction of sp³-hybridized carbons (Fsp3) is 0.375. The lowest BCUT2D eigenvalue weighted by Gasteiger charge is -2.23. The Kier molecular flexibility index (Phi) is 2.38. The van der Waals surface area contributed by atoms with Crippen LogP contribution in [0.2, 0.25) is 0 Å². The van der Waals surface area contributed by atoms with Gasteiger partial charge in [0.15, 0.2) is 11.2 Å². The summed E-state index contributed by atoms with van der Waals surface area (Å²) >= 11 is 0. The first kappa shape index (κ1) is 11.8. The van der Waals surface area contributed by atoms with E-state index in [0.29, 0.717) is 0 Å². The minimum atomic E-state index is -1.75. The smallest absolute Gasteiger partial charge is 0.332 e. The quantitative estimate of drug-likeness (QED) is 0.503. The molecule has 2 aromatic heterocycles. The van der Waals surface area contributed by atoms with Crippen LogP contribution >= 0.6 is 0 Å². The first-order valence-corrected chi connectivity index (χ1v) is 4.75. The maximum atomic E-state index is 12.0. The molecule has 2 heterocycles. The third-order valence-corrected chi connectivity index (χ3v) is 2.56. The van der Waals surface area contributed by atoms with Crippen LogP contribution in [0.15, 0.2) is 15.9 Å². The summed E-state index contributed by atoms with van der Waals surface area (Å²) in [5.74, 6) is 0. The van der Waals surface area contributed by atoms with Crippen molar-refractivity contribution < 1.29 is 0 Å². The molecule has 0 amide bonds. The first-order valence-electron chi connectivity index (χ1n) is 4.75. The average molecular weight is 224 g/mol. The van der Waals surface area contributed by atoms with Crippen molar-refractivity contribution in [3.63, 3.8) is 0 Å². The first-order chi connectivity index (χ1) is 7.75. The lowest BCUT2D eigenvalue weighted by Crippen LogP contribution is -2.41. The fourth-order valence-corrected chi connectivity index (χ4v) is 1.64. The molecule has 0 unspecified atom stereocenters. The van der Waals surface area contributed by atoms with Crippen LogP contribution in [0.5, 0.6) is 0 Å². The molecule has 0 saturated heterocycles. The fourth-order valence-electron chi connectivity index (χ4n) is 1.64. The molecule has 6 nitrogen and oxygen atoms in total. The Bertz CT molecular complexity index is 706. The van der Waals surface area contributed by atoms with Crippen molar-refractivity contribution >= 4 is 34.7 Å². The van der Waals surface area contributed by atoms with Crippen molar-refractivity contribution in [2.24, 2.45) is 14.1 Å². The molecule has 0 aliphatic heterocycles. The van der Waals surface area contributed by atoms with Gasteiger partial charge in [-0.25, -0.2) is 9.78 Å². The van der Waals surface area contributed by atoms with Gasteiger partial charge in [-0.05, 0) is 0 Å². The van der Waals surface area contributed by atoms with Crippen LogP contribution in [0.1, 0.15) is 0 Å². The van der Waals surface area contributed by atoms with E-state index in [4.69, 9.17) is 23.5 Å². The molecule has 0 bridgehead atoms. The molecule has 0 N–H and O–H groups in total. The zero-order valence-corrected chi connectivity index (χ0v) is 9.41. The van der Waals surface area contributed by atoms with Gasteiger partial charge in [0.2, 0.25) is 0 Å². The molecule has 0 aliphatic carbocycles. The van der Waals surface area contributed by atoms with Crippen LogP contribution in [-0.4, -0.2) is 42.2 Å². The lowest BCUT2D eigenvalue weighted by molar-refractivity contribution is 0.701. The molecule has 17 heavy (non-hydrogen) atoms. The van der Waals surface area contributed by atoms with Crippen molar-refractivity contribution in [3.05, 3.63) is 27.2 Å². The second-order valence-corrected chi connectivity index (χ2v) is 3.88. The van der Waals surface area contributed by atoms with Gasteiger partial charge >= 0.3 is 5.69 Å². The predicted molar refractivity (Wildman–Crippen MR) is 65.5 cm³/mol. The highest BCUT2D eigenvalue weighted by atomic mass is 16.2. The van der Waals surface area contributed by atoms with E-state index in [2.05, 4.69) is 4.98 Å². The number of fused-ring (bicyclic) bond motifs is 1. The molecule has 6 radical (unpaired) electrons. The Morgan fingerprint density at radius 1 is 1.18 bits per heavy atom. The average Bonchev–Trinajstić information content (AvgIpc) is 2.67. The Balaban J connectivity index is 3.07. The molecule has 2 aromatic rings. The Hall–Kier alpha value is -1.66. The van der Waals surface area contributed by atoms with Crippen LogP contribution in [0, 0.1) is 0 Å². The Labute approximate surface area is 100 Å². The number of aryl methyl sites for hydroxylation is 1. The molecule has 0 fully saturated rings. The van der Waals surface area contributed by atoms with Crippen molar-refractivity contribution in [3.8, 4) is 0 Å². The zero-order chi connectivity index (χ0) is 13.0. The van der Waals surface area contributed by atoms with Crippen LogP contribution in [0.4, 0.5) is 0 Å². The van der Waals surface area contributed by atoms with E-state index in [9.17, 15) is 9.59 Å². The normalized spacial score (nSPS) is 12.1. The Morgan fingerprint density at radius 2 is 1.76 bits per heavy atom. The summed E-state index contributed by atoms with van der Waals surface area (Å²) < 4.78 is 3.29. The SMILES string of the molecule is [B]C([B])([B])n1cnc2c1c(=O)n(C)c(=O)n2C. The van der Waals surface area contributed by atoms with Gasteiger partial charge in [0.1, 0.15) is 0 Å². The number of rotatable bonds is 1. The molecule has 0 spiro atoms. The number of nitrogens with zero attached hydrogens (tertiary/aromatic N) is 4. The van der Waals surface area contributed by atoms with E-state index in [1.807, 2.05) is 0 Å². The molecule has 0 saturated carbocycles. The van der Waals surface area contributed by atoms with Crippen LogP contribution in [0.3, 0.4) is 0 Å². The summed E-state index contributed by atoms with van der Waals surface area (Å²) in [4.78, 5) is 27.5. The van der Waals surface area contributed by atoms with Crippen molar-refractivity contribution in [2.45, 2.75) is 5.24 Å². The van der Waals surface area contributed by atoms with Gasteiger partial charge in [-0.15, -0.1) is 0 Å². The number of hydrogen-bond acceptors (Lipinski definition) is 3. The topological polar surface area (TPSA) is 61.8 Å². The highest BCUT2D eigenvalue weighted by Gasteiger charge is 2.20. The number of imidazole rings is 1. The van der Waals surface area contributed by atoms with Gasteiger partial charge in [-0.1, -0.05) is 5.24 Å². The minimum absolute atomic E-state index is 0.0853. The van der Waals surface area contributed by atoms with Gasteiger partial charge in [0.25, 0.3) is 5.56 Å². The van der Waals surface area contributed by atoms with E-state index in [1.165, 1.54) is 25.0 Å². The van der Waals surface area contributed by atoms with E-state index >= 15 is 0 Å². The molecule has 2 rings (SSSR count). The maximum Gasteiger partial charge on any atom is 0.332 e. The number of aromatic nitrogens is 4. The predicted octanol–water partition coefficient (Wildman–Crippen LogP) is -2.49. The van der Waals surface area contributed by atoms with E-state index in [-0.39, 0.29) is 11.2 Å². The molecule has 0 aromatic carbocycles. The van der Waals surface area contributed by atoms with E-state index in [0.717, 1.165) is 9.13 Å². The molecular formula is C8H7B3N4O2. The highest BCUT2D eigenvalue weighted by molar-refractivity contribution is 6.56. The summed E-state index contributed by atoms with van der Waals surface area (Å²) in [7, 11) is 19.4. The van der Waals surface area contributed by atoms with Crippen molar-refractivity contribution in [1.29, 1.82) is 0 Å². The van der Waals surface area contributed by atoms with Gasteiger partial charge in [0, 0.05) is 14.1 Å². The standard InChI is InChI=1S/C8H7B3N4O2/c1-13-5-4(6(16)14(2)7(13)17)15(3-12-5)8(9,10)11/h3H,1-2H3. The lowest BCUT2D eigenvalue weighted by atomic mass is 9.49. The van der Waals surface area contributed by atoms with Crippen LogP contribution in [0.25, 0.3) is 11.2 Å². The summed E-state index contributed by atoms with van der Waals surface area (Å²) in [5, 5.41) is -1.75. The largest absolute Gasteiger partial charge is 0.345 e. The van der Waals surface area contributed by atoms with Crippen molar-refractivity contribution in [2.75, 3.05) is 0 Å². The maximum absolute atomic E-state index is 12.0. The molecule has 9 heteroatoms. The summed E-state index contributed by atoms with van der Waals surface area (Å²) in [6, 6.07) is 0. The van der Waals surface area contributed by atoms with E-state index < -0.39 is 16.5 Å². The Morgan fingerprint density at radius 3 is 2.29 bits per heavy atom. The molecule has 0 aliphatic rings. The third-order valence-electron chi connectivity index (χ3n) is 2.56. The molecular weight excluding hydrogens is 217 g/mol. The number of hydrogen-bond donors (Lipinski definition) is 0. The highest BCUT2D eigenvalue weighted by Crippen LogP contribution is 2.11. The van der Waals surface area contributed by atoms with Crippen LogP contribution < -0.4 is 11.2 Å².